The smallest absolute Gasteiger partial charge is 0.343 e. The monoisotopic (exact) mass is 466 g/mol. The number of carbonyl (C=O) groups is 2. The Hall–Kier alpha value is -3.45. The minimum Gasteiger partial charge on any atom is -0.484 e. The average Bonchev–Trinajstić information content (AvgIpc) is 2.75. The van der Waals surface area contributed by atoms with Crippen LogP contribution in [0, 0.1) is 6.92 Å². The van der Waals surface area contributed by atoms with Gasteiger partial charge in [-0.2, -0.15) is 5.10 Å². The Morgan fingerprint density at radius 2 is 1.77 bits per heavy atom. The lowest BCUT2D eigenvalue weighted by atomic mass is 10.1. The molecule has 0 aliphatic heterocycles. The lowest BCUT2D eigenvalue weighted by Gasteiger charge is -2.09. The predicted molar refractivity (Wildman–Crippen MR) is 118 cm³/mol. The van der Waals surface area contributed by atoms with Crippen LogP contribution in [0.25, 0.3) is 0 Å². The van der Waals surface area contributed by atoms with Crippen molar-refractivity contribution in [1.29, 1.82) is 0 Å². The van der Waals surface area contributed by atoms with Crippen LogP contribution in [0.2, 0.25) is 0 Å². The molecule has 152 valence electrons. The van der Waals surface area contributed by atoms with Crippen LogP contribution in [-0.2, 0) is 4.79 Å². The Kier molecular flexibility index (Phi) is 7.34. The maximum Gasteiger partial charge on any atom is 0.343 e. The number of hydrazone groups is 1. The largest absolute Gasteiger partial charge is 0.484 e. The van der Waals surface area contributed by atoms with Gasteiger partial charge in [0.05, 0.1) is 11.8 Å². The van der Waals surface area contributed by atoms with Gasteiger partial charge in [0, 0.05) is 10.0 Å². The molecule has 0 atom stereocenters. The fourth-order valence-electron chi connectivity index (χ4n) is 2.54. The van der Waals surface area contributed by atoms with Gasteiger partial charge in [0.15, 0.2) is 6.61 Å². The summed E-state index contributed by atoms with van der Waals surface area (Å²) in [7, 11) is 0. The van der Waals surface area contributed by atoms with Crippen molar-refractivity contribution in [1.82, 2.24) is 5.43 Å². The van der Waals surface area contributed by atoms with E-state index in [9.17, 15) is 9.59 Å². The van der Waals surface area contributed by atoms with E-state index in [1.54, 1.807) is 42.5 Å². The summed E-state index contributed by atoms with van der Waals surface area (Å²) in [6.07, 6.45) is 1.41. The second-order valence-corrected chi connectivity index (χ2v) is 7.20. The van der Waals surface area contributed by atoms with Crippen LogP contribution in [0.4, 0.5) is 0 Å². The van der Waals surface area contributed by atoms with Gasteiger partial charge < -0.3 is 9.47 Å². The first-order chi connectivity index (χ1) is 14.5. The lowest BCUT2D eigenvalue weighted by molar-refractivity contribution is -0.123. The van der Waals surface area contributed by atoms with Crippen LogP contribution in [0.1, 0.15) is 21.5 Å². The van der Waals surface area contributed by atoms with Crippen LogP contribution < -0.4 is 14.9 Å². The molecule has 3 aromatic rings. The third-order valence-electron chi connectivity index (χ3n) is 4.05. The first-order valence-electron chi connectivity index (χ1n) is 9.10. The summed E-state index contributed by atoms with van der Waals surface area (Å²) < 4.78 is 11.7. The van der Waals surface area contributed by atoms with Gasteiger partial charge in [-0.25, -0.2) is 10.2 Å². The number of aryl methyl sites for hydroxylation is 1. The molecule has 0 fully saturated rings. The molecule has 3 rings (SSSR count). The Bertz CT molecular complexity index is 1070. The van der Waals surface area contributed by atoms with Gasteiger partial charge in [-0.05, 0) is 48.9 Å². The van der Waals surface area contributed by atoms with E-state index < -0.39 is 11.9 Å². The highest BCUT2D eigenvalue weighted by Gasteiger charge is 2.13. The molecule has 0 unspecified atom stereocenters. The second-order valence-electron chi connectivity index (χ2n) is 6.28. The number of ether oxygens (including phenoxy) is 2. The highest BCUT2D eigenvalue weighted by Crippen LogP contribution is 2.23. The molecule has 0 saturated carbocycles. The van der Waals surface area contributed by atoms with Crippen LogP contribution in [0.15, 0.2) is 82.4 Å². The van der Waals surface area contributed by atoms with Crippen LogP contribution in [-0.4, -0.2) is 24.7 Å². The molecule has 0 spiro atoms. The normalized spacial score (nSPS) is 10.6. The molecule has 30 heavy (non-hydrogen) atoms. The van der Waals surface area contributed by atoms with Crippen molar-refractivity contribution in [3.8, 4) is 11.5 Å². The van der Waals surface area contributed by atoms with Gasteiger partial charge in [-0.15, -0.1) is 0 Å². The molecule has 7 heteroatoms. The highest BCUT2D eigenvalue weighted by atomic mass is 79.9. The number of carbonyl (C=O) groups excluding carboxylic acids is 2. The van der Waals surface area contributed by atoms with E-state index in [1.807, 2.05) is 37.3 Å². The summed E-state index contributed by atoms with van der Waals surface area (Å²) in [5.41, 5.74) is 4.22. The van der Waals surface area contributed by atoms with Gasteiger partial charge in [-0.3, -0.25) is 4.79 Å². The average molecular weight is 467 g/mol. The Balaban J connectivity index is 1.64. The molecule has 0 radical (unpaired) electrons. The minimum absolute atomic E-state index is 0.172. The van der Waals surface area contributed by atoms with E-state index in [1.165, 1.54) is 6.21 Å². The molecule has 6 nitrogen and oxygen atoms in total. The number of benzene rings is 3. The van der Waals surface area contributed by atoms with Crippen molar-refractivity contribution in [2.24, 2.45) is 5.10 Å². The zero-order valence-corrected chi connectivity index (χ0v) is 17.8. The number of para-hydroxylation sites is 1. The van der Waals surface area contributed by atoms with Crippen molar-refractivity contribution >= 4 is 34.0 Å². The number of hydrogen-bond donors (Lipinski definition) is 1. The fraction of sp³-hybridized carbons (Fsp3) is 0.0870. The summed E-state index contributed by atoms with van der Waals surface area (Å²) >= 11 is 3.38. The van der Waals surface area contributed by atoms with Crippen molar-refractivity contribution in [2.75, 3.05) is 6.61 Å². The molecular formula is C23H19BrN2O4. The van der Waals surface area contributed by atoms with Crippen LogP contribution in [0.3, 0.4) is 0 Å². The van der Waals surface area contributed by atoms with E-state index in [2.05, 4.69) is 26.5 Å². The number of esters is 1. The number of amides is 1. The SMILES string of the molecule is Cc1ccccc1C(=O)Oc1ccc(Br)cc1/C=N\NC(=O)COc1ccccc1. The van der Waals surface area contributed by atoms with Gasteiger partial charge in [0.25, 0.3) is 5.91 Å². The van der Waals surface area contributed by atoms with Crippen molar-refractivity contribution < 1.29 is 19.1 Å². The minimum atomic E-state index is -0.467. The van der Waals surface area contributed by atoms with Crippen molar-refractivity contribution in [3.05, 3.63) is 94.0 Å². The Morgan fingerprint density at radius 1 is 1.03 bits per heavy atom. The summed E-state index contributed by atoms with van der Waals surface area (Å²) in [4.78, 5) is 24.4. The molecule has 3 aromatic carbocycles. The van der Waals surface area contributed by atoms with Gasteiger partial charge in [0.1, 0.15) is 11.5 Å². The maximum atomic E-state index is 12.5. The molecule has 0 aliphatic rings. The Labute approximate surface area is 182 Å². The molecule has 0 aliphatic carbocycles. The standard InChI is InChI=1S/C23H19BrN2O4/c1-16-7-5-6-10-20(16)23(28)30-21-12-11-18(24)13-17(21)14-25-26-22(27)15-29-19-8-3-2-4-9-19/h2-14H,15H2,1H3,(H,26,27)/b25-14-. The molecule has 0 heterocycles. The van der Waals surface area contributed by atoms with Gasteiger partial charge in [-0.1, -0.05) is 52.3 Å². The second kappa shape index (κ2) is 10.4. The number of rotatable bonds is 7. The quantitative estimate of drug-likeness (QED) is 0.240. The zero-order valence-electron chi connectivity index (χ0n) is 16.2. The van der Waals surface area contributed by atoms with Crippen LogP contribution in [0.5, 0.6) is 11.5 Å². The van der Waals surface area contributed by atoms with Gasteiger partial charge >= 0.3 is 5.97 Å². The summed E-state index contributed by atoms with van der Waals surface area (Å²) in [6.45, 7) is 1.67. The first kappa shape index (κ1) is 21.3. The number of nitrogens with one attached hydrogen (secondary N) is 1. The third-order valence-corrected chi connectivity index (χ3v) is 4.54. The summed E-state index contributed by atoms with van der Waals surface area (Å²) in [5.74, 6) is 0.0351. The highest BCUT2D eigenvalue weighted by molar-refractivity contribution is 9.10. The first-order valence-corrected chi connectivity index (χ1v) is 9.89. The molecule has 0 aromatic heterocycles. The number of halogens is 1. The maximum absolute atomic E-state index is 12.5. The molecule has 1 amide bonds. The summed E-state index contributed by atoms with van der Waals surface area (Å²) in [6, 6.07) is 21.3. The third kappa shape index (κ3) is 6.02. The molecule has 0 saturated heterocycles. The number of hydrogen-bond acceptors (Lipinski definition) is 5. The predicted octanol–water partition coefficient (Wildman–Crippen LogP) is 4.51. The zero-order chi connectivity index (χ0) is 21.3. The van der Waals surface area contributed by atoms with E-state index in [0.29, 0.717) is 22.6 Å². The fourth-order valence-corrected chi connectivity index (χ4v) is 2.92. The van der Waals surface area contributed by atoms with E-state index in [4.69, 9.17) is 9.47 Å². The lowest BCUT2D eigenvalue weighted by Crippen LogP contribution is -2.24. The van der Waals surface area contributed by atoms with Crippen LogP contribution >= 0.6 is 15.9 Å². The van der Waals surface area contributed by atoms with E-state index >= 15 is 0 Å². The van der Waals surface area contributed by atoms with E-state index in [0.717, 1.165) is 10.0 Å². The topological polar surface area (TPSA) is 77.0 Å². The van der Waals surface area contributed by atoms with E-state index in [-0.39, 0.29) is 6.61 Å². The summed E-state index contributed by atoms with van der Waals surface area (Å²) in [5, 5.41) is 3.94. The molecule has 1 N–H and O–H groups in total. The number of nitrogens with zero attached hydrogens (tertiary/aromatic N) is 1. The molecular weight excluding hydrogens is 448 g/mol. The van der Waals surface area contributed by atoms with Gasteiger partial charge in [0.2, 0.25) is 0 Å². The molecule has 0 bridgehead atoms. The van der Waals surface area contributed by atoms with Crippen molar-refractivity contribution in [2.45, 2.75) is 6.92 Å². The van der Waals surface area contributed by atoms with Crippen molar-refractivity contribution in [3.63, 3.8) is 0 Å². The Morgan fingerprint density at radius 3 is 2.53 bits per heavy atom.